The summed E-state index contributed by atoms with van der Waals surface area (Å²) in [5.41, 5.74) is -0.232. The van der Waals surface area contributed by atoms with E-state index in [1.54, 1.807) is 0 Å². The predicted octanol–water partition coefficient (Wildman–Crippen LogP) is 2.69. The molecule has 1 heterocycles. The minimum Gasteiger partial charge on any atom is -0.483 e. The summed E-state index contributed by atoms with van der Waals surface area (Å²) >= 11 is 0. The molecule has 1 aromatic heterocycles. The van der Waals surface area contributed by atoms with Gasteiger partial charge in [0, 0.05) is 12.4 Å². The number of alkyl halides is 2. The molecule has 0 bridgehead atoms. The van der Waals surface area contributed by atoms with Gasteiger partial charge in [0.15, 0.2) is 17.4 Å². The third-order valence-corrected chi connectivity index (χ3v) is 2.49. The molecular weight excluding hydrogens is 277 g/mol. The molecule has 2 aromatic rings. The predicted molar refractivity (Wildman–Crippen MR) is 61.2 cm³/mol. The molecule has 8 heteroatoms. The van der Waals surface area contributed by atoms with Gasteiger partial charge in [0.1, 0.15) is 6.61 Å². The quantitative estimate of drug-likeness (QED) is 0.917. The largest absolute Gasteiger partial charge is 0.483 e. The Labute approximate surface area is 111 Å². The van der Waals surface area contributed by atoms with Gasteiger partial charge in [-0.15, -0.1) is 0 Å². The van der Waals surface area contributed by atoms with Crippen molar-refractivity contribution in [2.75, 3.05) is 0 Å². The Morgan fingerprint density at radius 1 is 1.45 bits per heavy atom. The Bertz CT molecular complexity index is 628. The van der Waals surface area contributed by atoms with Crippen molar-refractivity contribution in [1.82, 2.24) is 9.55 Å². The maximum Gasteiger partial charge on any atom is 0.335 e. The first-order valence-electron chi connectivity index (χ1n) is 5.44. The van der Waals surface area contributed by atoms with E-state index in [9.17, 15) is 18.0 Å². The van der Waals surface area contributed by atoms with Gasteiger partial charge in [0.2, 0.25) is 0 Å². The van der Waals surface area contributed by atoms with Crippen LogP contribution in [0, 0.1) is 5.82 Å². The van der Waals surface area contributed by atoms with Gasteiger partial charge in [0.05, 0.1) is 5.56 Å². The molecule has 5 nitrogen and oxygen atoms in total. The lowest BCUT2D eigenvalue weighted by molar-refractivity contribution is 0.0629. The van der Waals surface area contributed by atoms with Crippen molar-refractivity contribution in [2.24, 2.45) is 0 Å². The van der Waals surface area contributed by atoms with Crippen LogP contribution in [0.4, 0.5) is 13.2 Å². The monoisotopic (exact) mass is 286 g/mol. The average molecular weight is 286 g/mol. The second-order valence-corrected chi connectivity index (χ2v) is 3.77. The van der Waals surface area contributed by atoms with Crippen molar-refractivity contribution in [3.8, 4) is 5.75 Å². The zero-order chi connectivity index (χ0) is 14.7. The number of aromatic nitrogens is 2. The van der Waals surface area contributed by atoms with E-state index in [1.807, 2.05) is 0 Å². The van der Waals surface area contributed by atoms with Crippen LogP contribution < -0.4 is 4.74 Å². The maximum atomic E-state index is 13.5. The summed E-state index contributed by atoms with van der Waals surface area (Å²) in [6.45, 7) is -3.13. The summed E-state index contributed by atoms with van der Waals surface area (Å²) in [5.74, 6) is -2.47. The molecule has 1 aromatic carbocycles. The Balaban J connectivity index is 2.11. The third kappa shape index (κ3) is 2.90. The van der Waals surface area contributed by atoms with Crippen molar-refractivity contribution in [3.05, 3.63) is 47.8 Å². The lowest BCUT2D eigenvalue weighted by Gasteiger charge is -2.09. The van der Waals surface area contributed by atoms with E-state index < -0.39 is 18.3 Å². The average Bonchev–Trinajstić information content (AvgIpc) is 2.85. The van der Waals surface area contributed by atoms with Crippen molar-refractivity contribution in [3.63, 3.8) is 0 Å². The summed E-state index contributed by atoms with van der Waals surface area (Å²) in [6.07, 6.45) is 2.25. The lowest BCUT2D eigenvalue weighted by atomic mass is 10.2. The van der Waals surface area contributed by atoms with Crippen LogP contribution in [0.25, 0.3) is 0 Å². The van der Waals surface area contributed by atoms with Crippen molar-refractivity contribution in [1.29, 1.82) is 0 Å². The maximum absolute atomic E-state index is 13.5. The highest BCUT2D eigenvalue weighted by molar-refractivity contribution is 5.87. The number of nitrogens with zero attached hydrogens (tertiary/aromatic N) is 2. The van der Waals surface area contributed by atoms with Crippen LogP contribution in [-0.4, -0.2) is 20.6 Å². The number of carboxylic acid groups (broad SMARTS) is 1. The van der Waals surface area contributed by atoms with Crippen LogP contribution in [-0.2, 0) is 6.61 Å². The molecule has 0 saturated carbocycles. The van der Waals surface area contributed by atoms with Gasteiger partial charge in [-0.2, -0.15) is 8.78 Å². The number of hydrogen-bond acceptors (Lipinski definition) is 3. The fourth-order valence-electron chi connectivity index (χ4n) is 1.53. The fraction of sp³-hybridized carbons (Fsp3) is 0.167. The Hall–Kier alpha value is -2.51. The molecule has 0 atom stereocenters. The highest BCUT2D eigenvalue weighted by Gasteiger charge is 2.14. The number of aromatic carboxylic acids is 1. The number of rotatable bonds is 5. The standard InChI is InChI=1S/C12H9F3N2O3/c13-8-5-7(11(18)19)1-2-9(8)20-6-10-16-3-4-17(10)12(14)15/h1-5,12H,6H2,(H,18,19). The molecule has 0 aliphatic heterocycles. The number of halogens is 3. The zero-order valence-electron chi connectivity index (χ0n) is 9.96. The van der Waals surface area contributed by atoms with Crippen LogP contribution in [0.1, 0.15) is 22.7 Å². The summed E-state index contributed by atoms with van der Waals surface area (Å²) in [4.78, 5) is 14.3. The second-order valence-electron chi connectivity index (χ2n) is 3.77. The normalized spacial score (nSPS) is 10.8. The molecule has 0 aliphatic carbocycles. The summed E-state index contributed by atoms with van der Waals surface area (Å²) < 4.78 is 44.2. The summed E-state index contributed by atoms with van der Waals surface area (Å²) in [5, 5.41) is 8.67. The minimum atomic E-state index is -2.77. The van der Waals surface area contributed by atoms with E-state index in [2.05, 4.69) is 4.98 Å². The molecule has 0 aliphatic rings. The van der Waals surface area contributed by atoms with E-state index in [4.69, 9.17) is 9.84 Å². The van der Waals surface area contributed by atoms with E-state index in [1.165, 1.54) is 6.20 Å². The van der Waals surface area contributed by atoms with Crippen LogP contribution in [0.2, 0.25) is 0 Å². The topological polar surface area (TPSA) is 64.3 Å². The first kappa shape index (κ1) is 13.9. The Morgan fingerprint density at radius 2 is 2.20 bits per heavy atom. The van der Waals surface area contributed by atoms with Gasteiger partial charge < -0.3 is 9.84 Å². The van der Waals surface area contributed by atoms with E-state index >= 15 is 0 Å². The Kier molecular flexibility index (Phi) is 3.92. The molecule has 20 heavy (non-hydrogen) atoms. The van der Waals surface area contributed by atoms with Crippen molar-refractivity contribution < 1.29 is 27.8 Å². The van der Waals surface area contributed by atoms with Gasteiger partial charge in [-0.1, -0.05) is 0 Å². The second kappa shape index (κ2) is 5.64. The number of imidazole rings is 1. The zero-order valence-corrected chi connectivity index (χ0v) is 9.96. The highest BCUT2D eigenvalue weighted by Crippen LogP contribution is 2.20. The van der Waals surface area contributed by atoms with Crippen molar-refractivity contribution in [2.45, 2.75) is 13.2 Å². The molecule has 0 fully saturated rings. The van der Waals surface area contributed by atoms with E-state index in [0.717, 1.165) is 24.4 Å². The van der Waals surface area contributed by atoms with Crippen LogP contribution in [0.5, 0.6) is 5.75 Å². The van der Waals surface area contributed by atoms with Gasteiger partial charge in [-0.25, -0.2) is 14.2 Å². The van der Waals surface area contributed by atoms with Gasteiger partial charge in [-0.05, 0) is 18.2 Å². The molecule has 0 saturated heterocycles. The third-order valence-electron chi connectivity index (χ3n) is 2.49. The molecular formula is C12H9F3N2O3. The summed E-state index contributed by atoms with van der Waals surface area (Å²) in [7, 11) is 0. The van der Waals surface area contributed by atoms with Crippen LogP contribution in [0.3, 0.4) is 0 Å². The molecule has 106 valence electrons. The number of hydrogen-bond donors (Lipinski definition) is 1. The molecule has 0 spiro atoms. The summed E-state index contributed by atoms with van der Waals surface area (Å²) in [6, 6.07) is 3.06. The lowest BCUT2D eigenvalue weighted by Crippen LogP contribution is -2.08. The van der Waals surface area contributed by atoms with Gasteiger partial charge >= 0.3 is 12.5 Å². The van der Waals surface area contributed by atoms with Crippen molar-refractivity contribution >= 4 is 5.97 Å². The van der Waals surface area contributed by atoms with E-state index in [0.29, 0.717) is 4.57 Å². The molecule has 0 radical (unpaired) electrons. The first-order valence-corrected chi connectivity index (χ1v) is 5.44. The van der Waals surface area contributed by atoms with Gasteiger partial charge in [-0.3, -0.25) is 4.57 Å². The molecule has 0 unspecified atom stereocenters. The molecule has 2 rings (SSSR count). The Morgan fingerprint density at radius 3 is 2.80 bits per heavy atom. The number of carboxylic acids is 1. The fourth-order valence-corrected chi connectivity index (χ4v) is 1.53. The highest BCUT2D eigenvalue weighted by atomic mass is 19.3. The minimum absolute atomic E-state index is 0.0679. The number of benzene rings is 1. The molecule has 1 N–H and O–H groups in total. The van der Waals surface area contributed by atoms with E-state index in [-0.39, 0.29) is 23.7 Å². The SMILES string of the molecule is O=C(O)c1ccc(OCc2nccn2C(F)F)c(F)c1. The van der Waals surface area contributed by atoms with Crippen LogP contribution in [0.15, 0.2) is 30.6 Å². The number of ether oxygens (including phenoxy) is 1. The number of carbonyl (C=O) groups is 1. The smallest absolute Gasteiger partial charge is 0.335 e. The van der Waals surface area contributed by atoms with Gasteiger partial charge in [0.25, 0.3) is 0 Å². The first-order chi connectivity index (χ1) is 9.49. The molecule has 0 amide bonds. The van der Waals surface area contributed by atoms with Crippen LogP contribution >= 0.6 is 0 Å².